The Morgan fingerprint density at radius 2 is 1.71 bits per heavy atom. The molecule has 0 radical (unpaired) electrons. The van der Waals surface area contributed by atoms with Crippen LogP contribution in [0, 0.1) is 17.3 Å². The molecule has 5 rings (SSSR count). The Balaban J connectivity index is 1.69. The van der Waals surface area contributed by atoms with Crippen LogP contribution in [0.4, 0.5) is 0 Å². The van der Waals surface area contributed by atoms with Gasteiger partial charge in [0.25, 0.3) is 0 Å². The molecule has 150 valence electrons. The number of hydrogen-bond acceptors (Lipinski definition) is 4. The lowest BCUT2D eigenvalue weighted by atomic mass is 9.48. The van der Waals surface area contributed by atoms with Crippen LogP contribution >= 0.6 is 0 Å². The average molecular weight is 383 g/mol. The van der Waals surface area contributed by atoms with Crippen LogP contribution in [-0.2, 0) is 10.3 Å². The number of aliphatic hydroxyl groups excluding tert-OH is 1. The third-order valence-electron chi connectivity index (χ3n) is 7.94. The summed E-state index contributed by atoms with van der Waals surface area (Å²) in [7, 11) is 0. The molecule has 3 fully saturated rings. The second-order valence-corrected chi connectivity index (χ2v) is 9.24. The monoisotopic (exact) mass is 382 g/mol. The molecule has 1 spiro atoms. The van der Waals surface area contributed by atoms with E-state index in [1.807, 2.05) is 18.2 Å². The molecule has 1 aromatic rings. The van der Waals surface area contributed by atoms with Crippen LogP contribution < -0.4 is 0 Å². The van der Waals surface area contributed by atoms with Crippen molar-refractivity contribution in [2.75, 3.05) is 0 Å². The Morgan fingerprint density at radius 3 is 2.50 bits per heavy atom. The first-order valence-corrected chi connectivity index (χ1v) is 10.8. The summed E-state index contributed by atoms with van der Waals surface area (Å²) in [5, 5.41) is 30.8. The van der Waals surface area contributed by atoms with Crippen LogP contribution in [0.5, 0.6) is 11.5 Å². The maximum atomic E-state index is 10.8. The normalized spacial score (nSPS) is 36.4. The van der Waals surface area contributed by atoms with Crippen molar-refractivity contribution in [2.24, 2.45) is 17.3 Å². The second-order valence-electron chi connectivity index (χ2n) is 9.24. The third kappa shape index (κ3) is 2.53. The van der Waals surface area contributed by atoms with Gasteiger partial charge in [0.15, 0.2) is 0 Å². The van der Waals surface area contributed by atoms with Crippen molar-refractivity contribution in [3.8, 4) is 11.5 Å². The zero-order valence-electron chi connectivity index (χ0n) is 16.3. The Kier molecular flexibility index (Phi) is 4.24. The van der Waals surface area contributed by atoms with E-state index >= 15 is 0 Å². The van der Waals surface area contributed by atoms with Crippen molar-refractivity contribution in [1.29, 1.82) is 0 Å². The first kappa shape index (κ1) is 18.1. The molecule has 0 amide bonds. The number of ether oxygens (including phenoxy) is 1. The summed E-state index contributed by atoms with van der Waals surface area (Å²) in [6.07, 6.45) is 16.1. The largest absolute Gasteiger partial charge is 0.508 e. The molecule has 4 aliphatic rings. The number of rotatable bonds is 1. The van der Waals surface area contributed by atoms with Crippen LogP contribution in [0.3, 0.4) is 0 Å². The number of fused-ring (bicyclic) bond motifs is 4. The fraction of sp³-hybridized carbons (Fsp3) is 0.583. The molecule has 4 unspecified atom stereocenters. The molecule has 2 saturated carbocycles. The highest BCUT2D eigenvalue weighted by molar-refractivity contribution is 5.44. The molecule has 3 N–H and O–H groups in total. The number of phenols is 2. The maximum absolute atomic E-state index is 10.8. The van der Waals surface area contributed by atoms with Gasteiger partial charge in [-0.2, -0.15) is 0 Å². The molecule has 1 saturated heterocycles. The molecule has 4 heteroatoms. The zero-order chi connectivity index (χ0) is 19.4. The highest BCUT2D eigenvalue weighted by atomic mass is 16.5. The summed E-state index contributed by atoms with van der Waals surface area (Å²) in [5.41, 5.74) is 0.386. The molecule has 1 aliphatic heterocycles. The summed E-state index contributed by atoms with van der Waals surface area (Å²) in [4.78, 5) is 0. The first-order valence-electron chi connectivity index (χ1n) is 10.8. The van der Waals surface area contributed by atoms with E-state index in [1.165, 1.54) is 44.6 Å². The predicted octanol–water partition coefficient (Wildman–Crippen LogP) is 5.46. The van der Waals surface area contributed by atoms with Crippen molar-refractivity contribution in [2.45, 2.75) is 69.5 Å². The van der Waals surface area contributed by atoms with E-state index in [4.69, 9.17) is 4.74 Å². The quantitative estimate of drug-likeness (QED) is 0.603. The topological polar surface area (TPSA) is 69.9 Å². The standard InChI is InChI=1S/C24H30O4/c25-16-7-9-18(20(27)14-16)24-13-5-2-6-22(24)23(11-3-1-4-12-23)19-10-8-17(26)15-21(19)28-24/h7-10,14-15,19,21-22,25-27H,1-6,11-13H2. The van der Waals surface area contributed by atoms with Gasteiger partial charge in [0.1, 0.15) is 22.9 Å². The van der Waals surface area contributed by atoms with Gasteiger partial charge in [0.05, 0.1) is 6.10 Å². The Morgan fingerprint density at radius 1 is 0.929 bits per heavy atom. The molecule has 1 heterocycles. The summed E-state index contributed by atoms with van der Waals surface area (Å²) >= 11 is 0. The minimum atomic E-state index is -0.559. The molecule has 4 atom stereocenters. The van der Waals surface area contributed by atoms with Crippen LogP contribution in [0.1, 0.15) is 63.4 Å². The fourth-order valence-electron chi connectivity index (χ4n) is 6.93. The minimum Gasteiger partial charge on any atom is -0.508 e. The van der Waals surface area contributed by atoms with Crippen LogP contribution in [0.2, 0.25) is 0 Å². The van der Waals surface area contributed by atoms with Gasteiger partial charge in [-0.3, -0.25) is 0 Å². The van der Waals surface area contributed by atoms with Crippen LogP contribution in [0.25, 0.3) is 0 Å². The highest BCUT2D eigenvalue weighted by Crippen LogP contribution is 2.66. The van der Waals surface area contributed by atoms with E-state index in [2.05, 4.69) is 6.08 Å². The SMILES string of the molecule is OC1=CC2OC3(c4ccc(O)cc4O)CCCCC3C3(CCCCC3)C2C=C1. The smallest absolute Gasteiger partial charge is 0.125 e. The Bertz CT molecular complexity index is 820. The lowest BCUT2D eigenvalue weighted by molar-refractivity contribution is -0.251. The third-order valence-corrected chi connectivity index (χ3v) is 7.94. The van der Waals surface area contributed by atoms with Gasteiger partial charge in [-0.05, 0) is 61.3 Å². The number of hydrogen-bond donors (Lipinski definition) is 3. The van der Waals surface area contributed by atoms with Crippen molar-refractivity contribution < 1.29 is 20.1 Å². The van der Waals surface area contributed by atoms with E-state index in [9.17, 15) is 15.3 Å². The molecule has 4 nitrogen and oxygen atoms in total. The van der Waals surface area contributed by atoms with E-state index in [1.54, 1.807) is 6.07 Å². The van der Waals surface area contributed by atoms with E-state index in [0.717, 1.165) is 24.8 Å². The van der Waals surface area contributed by atoms with Crippen molar-refractivity contribution in [3.05, 3.63) is 47.7 Å². The van der Waals surface area contributed by atoms with Gasteiger partial charge in [0.2, 0.25) is 0 Å². The van der Waals surface area contributed by atoms with Crippen molar-refractivity contribution >= 4 is 0 Å². The summed E-state index contributed by atoms with van der Waals surface area (Å²) < 4.78 is 6.86. The number of allylic oxidation sites excluding steroid dienone is 1. The molecular formula is C24H30O4. The Hall–Kier alpha value is -1.94. The number of benzene rings is 1. The summed E-state index contributed by atoms with van der Waals surface area (Å²) in [5.74, 6) is 1.08. The van der Waals surface area contributed by atoms with Crippen LogP contribution in [0.15, 0.2) is 42.2 Å². The van der Waals surface area contributed by atoms with E-state index in [0.29, 0.717) is 5.92 Å². The molecule has 28 heavy (non-hydrogen) atoms. The minimum absolute atomic E-state index is 0.0733. The molecular weight excluding hydrogens is 352 g/mol. The fourth-order valence-corrected chi connectivity index (χ4v) is 6.93. The summed E-state index contributed by atoms with van der Waals surface area (Å²) in [6, 6.07) is 4.95. The van der Waals surface area contributed by atoms with Gasteiger partial charge < -0.3 is 20.1 Å². The average Bonchev–Trinajstić information content (AvgIpc) is 2.68. The first-order chi connectivity index (χ1) is 13.6. The number of phenolic OH excluding ortho intramolecular Hbond substituents is 2. The number of aromatic hydroxyl groups is 2. The molecule has 1 aromatic carbocycles. The van der Waals surface area contributed by atoms with Crippen molar-refractivity contribution in [3.63, 3.8) is 0 Å². The van der Waals surface area contributed by atoms with Crippen molar-refractivity contribution in [1.82, 2.24) is 0 Å². The van der Waals surface area contributed by atoms with Gasteiger partial charge in [0, 0.05) is 17.5 Å². The van der Waals surface area contributed by atoms with Gasteiger partial charge >= 0.3 is 0 Å². The van der Waals surface area contributed by atoms with Crippen LogP contribution in [-0.4, -0.2) is 21.4 Å². The molecule has 0 bridgehead atoms. The van der Waals surface area contributed by atoms with Gasteiger partial charge in [-0.25, -0.2) is 0 Å². The van der Waals surface area contributed by atoms with Gasteiger partial charge in [-0.15, -0.1) is 0 Å². The molecule has 0 aromatic heterocycles. The molecule has 3 aliphatic carbocycles. The van der Waals surface area contributed by atoms with E-state index < -0.39 is 5.60 Å². The predicted molar refractivity (Wildman–Crippen MR) is 107 cm³/mol. The highest BCUT2D eigenvalue weighted by Gasteiger charge is 2.62. The lowest BCUT2D eigenvalue weighted by Gasteiger charge is -2.63. The van der Waals surface area contributed by atoms with Gasteiger partial charge in [-0.1, -0.05) is 38.2 Å². The maximum Gasteiger partial charge on any atom is 0.125 e. The Labute approximate surface area is 166 Å². The van der Waals surface area contributed by atoms with E-state index in [-0.39, 0.29) is 34.7 Å². The second kappa shape index (κ2) is 6.55. The zero-order valence-corrected chi connectivity index (χ0v) is 16.3. The number of aliphatic hydroxyl groups is 1. The lowest BCUT2D eigenvalue weighted by Crippen LogP contribution is -2.61. The summed E-state index contributed by atoms with van der Waals surface area (Å²) in [6.45, 7) is 0.